The highest BCUT2D eigenvalue weighted by molar-refractivity contribution is 7.89. The fourth-order valence-corrected chi connectivity index (χ4v) is 9.03. The van der Waals surface area contributed by atoms with E-state index < -0.39 is 93.8 Å². The van der Waals surface area contributed by atoms with Crippen molar-refractivity contribution in [2.45, 2.75) is 22.6 Å². The van der Waals surface area contributed by atoms with Gasteiger partial charge in [0.05, 0.1) is 33.5 Å². The largest absolute Gasteiger partial charge is 0.481 e. The summed E-state index contributed by atoms with van der Waals surface area (Å²) < 4.78 is 55.5. The molecule has 0 amide bonds. The summed E-state index contributed by atoms with van der Waals surface area (Å²) in [5.41, 5.74) is 0.305. The summed E-state index contributed by atoms with van der Waals surface area (Å²) >= 11 is 6.11. The summed E-state index contributed by atoms with van der Waals surface area (Å²) in [5, 5.41) is 43.1. The first kappa shape index (κ1) is 37.3. The van der Waals surface area contributed by atoms with Crippen LogP contribution in [0.15, 0.2) is 58.3 Å². The van der Waals surface area contributed by atoms with Crippen molar-refractivity contribution in [2.24, 2.45) is 23.7 Å². The Kier molecular flexibility index (Phi) is 10.8. The maximum absolute atomic E-state index is 13.5. The molecule has 6 N–H and O–H groups in total. The van der Waals surface area contributed by atoms with E-state index in [-0.39, 0.29) is 51.2 Å². The van der Waals surface area contributed by atoms with Crippen molar-refractivity contribution < 1.29 is 56.4 Å². The molecule has 22 heteroatoms. The quantitative estimate of drug-likeness (QED) is 0.153. The second kappa shape index (κ2) is 14.7. The van der Waals surface area contributed by atoms with E-state index >= 15 is 0 Å². The van der Waals surface area contributed by atoms with E-state index in [1.807, 2.05) is 0 Å². The number of benzene rings is 2. The normalized spacial score (nSPS) is 21.7. The summed E-state index contributed by atoms with van der Waals surface area (Å²) in [4.78, 5) is 58.1. The van der Waals surface area contributed by atoms with Crippen LogP contribution >= 0.6 is 11.6 Å². The molecule has 2 aliphatic heterocycles. The zero-order valence-corrected chi connectivity index (χ0v) is 28.5. The highest BCUT2D eigenvalue weighted by Gasteiger charge is 2.41. The average molecular weight is 768 g/mol. The van der Waals surface area contributed by atoms with E-state index in [1.165, 1.54) is 48.5 Å². The van der Waals surface area contributed by atoms with E-state index in [2.05, 4.69) is 25.6 Å². The number of nitrogens with one attached hydrogen (secondary N) is 2. The summed E-state index contributed by atoms with van der Waals surface area (Å²) in [6, 6.07) is 10.6. The molecule has 0 aliphatic carbocycles. The average Bonchev–Trinajstić information content (AvgIpc) is 3.07. The van der Waals surface area contributed by atoms with Gasteiger partial charge in [0.25, 0.3) is 0 Å². The number of piperidine rings is 2. The number of aliphatic carboxylic acids is 4. The number of carboxylic acids is 4. The van der Waals surface area contributed by atoms with Gasteiger partial charge in [-0.2, -0.15) is 23.6 Å². The maximum Gasteiger partial charge on any atom is 0.307 e. The molecule has 2 aromatic carbocycles. The summed E-state index contributed by atoms with van der Waals surface area (Å²) in [7, 11) is -8.68. The Hall–Kier alpha value is -4.96. The van der Waals surface area contributed by atoms with E-state index in [1.54, 1.807) is 0 Å². The molecule has 51 heavy (non-hydrogen) atoms. The number of anilines is 4. The predicted molar refractivity (Wildman–Crippen MR) is 176 cm³/mol. The van der Waals surface area contributed by atoms with Crippen LogP contribution in [0.1, 0.15) is 12.8 Å². The first-order chi connectivity index (χ1) is 23.9. The third kappa shape index (κ3) is 8.51. The predicted octanol–water partition coefficient (Wildman–Crippen LogP) is 1.60. The molecule has 3 heterocycles. The second-order valence-electron chi connectivity index (χ2n) is 11.8. The molecular formula is C29H30ClN7O12S2. The van der Waals surface area contributed by atoms with Crippen LogP contribution in [0.4, 0.5) is 23.3 Å². The summed E-state index contributed by atoms with van der Waals surface area (Å²) in [5.74, 6) is -10.5. The molecule has 272 valence electrons. The summed E-state index contributed by atoms with van der Waals surface area (Å²) in [6.45, 7) is -1.65. The molecular weight excluding hydrogens is 738 g/mol. The highest BCUT2D eigenvalue weighted by Crippen LogP contribution is 2.31. The van der Waals surface area contributed by atoms with Crippen molar-refractivity contribution in [1.82, 2.24) is 23.6 Å². The minimum absolute atomic E-state index is 0.153. The van der Waals surface area contributed by atoms with Gasteiger partial charge in [-0.1, -0.05) is 12.1 Å². The topological polar surface area (TPSA) is 287 Å². The number of rotatable bonds is 12. The van der Waals surface area contributed by atoms with Gasteiger partial charge in [0.1, 0.15) is 0 Å². The molecule has 0 spiro atoms. The number of carbonyl (C=O) groups is 4. The van der Waals surface area contributed by atoms with Crippen LogP contribution in [-0.2, 0) is 39.2 Å². The van der Waals surface area contributed by atoms with Crippen LogP contribution in [0.25, 0.3) is 0 Å². The van der Waals surface area contributed by atoms with Gasteiger partial charge in [-0.15, -0.1) is 0 Å². The molecule has 2 fully saturated rings. The van der Waals surface area contributed by atoms with Crippen LogP contribution in [0.5, 0.6) is 0 Å². The number of hydrogen-bond acceptors (Lipinski definition) is 13. The molecule has 2 aliphatic rings. The van der Waals surface area contributed by atoms with E-state index in [0.717, 1.165) is 8.61 Å². The van der Waals surface area contributed by atoms with Gasteiger partial charge < -0.3 is 31.1 Å². The van der Waals surface area contributed by atoms with Gasteiger partial charge in [0.2, 0.25) is 37.2 Å². The SMILES string of the molecule is O=C(O)C1CC(C(=O)O)CN(S(=O)(=O)c2cccc(Nc3nc(Cl)nc(Nc4cccc(S(=O)(=O)N5CC(C(=O)O)CC(C(=O)O)C5)c4)n3)c2)C1. The monoisotopic (exact) mass is 767 g/mol. The fourth-order valence-electron chi connectivity index (χ4n) is 5.71. The van der Waals surface area contributed by atoms with Gasteiger partial charge in [0, 0.05) is 37.6 Å². The van der Waals surface area contributed by atoms with Crippen LogP contribution in [0, 0.1) is 23.7 Å². The van der Waals surface area contributed by atoms with Crippen molar-refractivity contribution in [3.05, 3.63) is 53.8 Å². The van der Waals surface area contributed by atoms with Gasteiger partial charge in [-0.05, 0) is 60.8 Å². The number of carboxylic acid groups (broad SMARTS) is 4. The van der Waals surface area contributed by atoms with Gasteiger partial charge in [-0.25, -0.2) is 16.8 Å². The van der Waals surface area contributed by atoms with Crippen molar-refractivity contribution in [1.29, 1.82) is 0 Å². The zero-order valence-electron chi connectivity index (χ0n) is 26.2. The van der Waals surface area contributed by atoms with Crippen LogP contribution in [-0.4, -0.2) is 111 Å². The standard InChI is InChI=1S/C29H30ClN7O12S2/c30-27-33-28(31-19-3-1-5-21(9-19)50(46,47)36-11-15(23(38)39)7-16(12-36)24(40)41)35-29(34-27)32-20-4-2-6-22(10-20)51(48,49)37-13-17(25(42)43)8-18(14-37)26(44)45/h1-6,9-10,15-18H,7-8,11-14H2,(H,38,39)(H,40,41)(H,42,43)(H,44,45)(H2,31,32,33,34,35). The lowest BCUT2D eigenvalue weighted by Gasteiger charge is -2.33. The number of sulfonamides is 2. The van der Waals surface area contributed by atoms with E-state index in [0.29, 0.717) is 0 Å². The van der Waals surface area contributed by atoms with E-state index in [4.69, 9.17) is 11.6 Å². The molecule has 19 nitrogen and oxygen atoms in total. The van der Waals surface area contributed by atoms with Crippen molar-refractivity contribution in [2.75, 3.05) is 36.8 Å². The summed E-state index contributed by atoms with van der Waals surface area (Å²) in [6.07, 6.45) is -0.429. The van der Waals surface area contributed by atoms with Crippen molar-refractivity contribution >= 4 is 78.8 Å². The van der Waals surface area contributed by atoms with E-state index in [9.17, 15) is 56.4 Å². The van der Waals surface area contributed by atoms with Crippen molar-refractivity contribution in [3.63, 3.8) is 0 Å². The second-order valence-corrected chi connectivity index (χ2v) is 16.0. The number of halogens is 1. The Balaban J connectivity index is 1.35. The lowest BCUT2D eigenvalue weighted by Crippen LogP contribution is -2.48. The highest BCUT2D eigenvalue weighted by atomic mass is 35.5. The fraction of sp³-hybridized carbons (Fsp3) is 0.345. The Morgan fingerprint density at radius 1 is 0.608 bits per heavy atom. The molecule has 5 rings (SSSR count). The van der Waals surface area contributed by atoms with Gasteiger partial charge in [-0.3, -0.25) is 19.2 Å². The third-order valence-electron chi connectivity index (χ3n) is 8.30. The van der Waals surface area contributed by atoms with Gasteiger partial charge in [0.15, 0.2) is 0 Å². The molecule has 0 bridgehead atoms. The molecule has 2 saturated heterocycles. The molecule has 3 aromatic rings. The minimum Gasteiger partial charge on any atom is -0.481 e. The van der Waals surface area contributed by atoms with Gasteiger partial charge >= 0.3 is 23.9 Å². The Morgan fingerprint density at radius 3 is 1.25 bits per heavy atom. The molecule has 4 atom stereocenters. The lowest BCUT2D eigenvalue weighted by molar-refractivity contribution is -0.150. The molecule has 0 radical (unpaired) electrons. The molecule has 4 unspecified atom stereocenters. The minimum atomic E-state index is -4.34. The molecule has 1 aromatic heterocycles. The Morgan fingerprint density at radius 2 is 0.941 bits per heavy atom. The third-order valence-corrected chi connectivity index (χ3v) is 12.1. The van der Waals surface area contributed by atoms with Crippen LogP contribution in [0.2, 0.25) is 5.28 Å². The first-order valence-corrected chi connectivity index (χ1v) is 18.3. The smallest absolute Gasteiger partial charge is 0.307 e. The maximum atomic E-state index is 13.5. The number of nitrogens with zero attached hydrogens (tertiary/aromatic N) is 5. The first-order valence-electron chi connectivity index (χ1n) is 15.0. The van der Waals surface area contributed by atoms with Crippen molar-refractivity contribution in [3.8, 4) is 0 Å². The number of aromatic nitrogens is 3. The molecule has 0 saturated carbocycles. The lowest BCUT2D eigenvalue weighted by atomic mass is 9.91. The Labute approximate surface area is 295 Å². The van der Waals surface area contributed by atoms with Crippen LogP contribution in [0.3, 0.4) is 0 Å². The zero-order chi connectivity index (χ0) is 37.2. The Bertz CT molecular complexity index is 1920. The van der Waals surface area contributed by atoms with Crippen LogP contribution < -0.4 is 10.6 Å². The number of hydrogen-bond donors (Lipinski definition) is 6.